The molecular formula is C22H22N4O3. The van der Waals surface area contributed by atoms with Gasteiger partial charge in [-0.1, -0.05) is 18.2 Å². The van der Waals surface area contributed by atoms with Crippen molar-refractivity contribution < 1.29 is 14.3 Å². The van der Waals surface area contributed by atoms with Crippen molar-refractivity contribution >= 4 is 23.2 Å². The smallest absolute Gasteiger partial charge is 0.261 e. The first kappa shape index (κ1) is 18.7. The number of amides is 1. The SMILES string of the molecule is COc1ccc(Nc2ncc(C(=O)N3CCCc4ccccc43)cn2)c(OC)c1. The summed E-state index contributed by atoms with van der Waals surface area (Å²) in [5.41, 5.74) is 3.32. The topological polar surface area (TPSA) is 76.6 Å². The number of benzene rings is 2. The summed E-state index contributed by atoms with van der Waals surface area (Å²) in [6.07, 6.45) is 5.03. The molecule has 29 heavy (non-hydrogen) atoms. The molecule has 3 aromatic rings. The number of carbonyl (C=O) groups excluding carboxylic acids is 1. The second-order valence-electron chi connectivity index (χ2n) is 6.68. The van der Waals surface area contributed by atoms with Gasteiger partial charge in [0.25, 0.3) is 5.91 Å². The van der Waals surface area contributed by atoms with Crippen LogP contribution in [0.5, 0.6) is 11.5 Å². The van der Waals surface area contributed by atoms with Gasteiger partial charge in [-0.3, -0.25) is 4.79 Å². The number of fused-ring (bicyclic) bond motifs is 1. The average molecular weight is 390 g/mol. The highest BCUT2D eigenvalue weighted by atomic mass is 16.5. The Kier molecular flexibility index (Phi) is 5.29. The minimum Gasteiger partial charge on any atom is -0.497 e. The Morgan fingerprint density at radius 1 is 1.07 bits per heavy atom. The maximum atomic E-state index is 13.0. The molecular weight excluding hydrogens is 368 g/mol. The van der Waals surface area contributed by atoms with Crippen LogP contribution in [-0.4, -0.2) is 36.6 Å². The van der Waals surface area contributed by atoms with Gasteiger partial charge in [0.15, 0.2) is 0 Å². The van der Waals surface area contributed by atoms with Crippen LogP contribution in [0.25, 0.3) is 0 Å². The lowest BCUT2D eigenvalue weighted by atomic mass is 10.0. The zero-order chi connectivity index (χ0) is 20.2. The summed E-state index contributed by atoms with van der Waals surface area (Å²) in [5, 5.41) is 3.11. The summed E-state index contributed by atoms with van der Waals surface area (Å²) in [6, 6.07) is 13.4. The van der Waals surface area contributed by atoms with Crippen molar-refractivity contribution in [3.8, 4) is 11.5 Å². The first-order valence-corrected chi connectivity index (χ1v) is 9.40. The lowest BCUT2D eigenvalue weighted by molar-refractivity contribution is 0.0984. The monoisotopic (exact) mass is 390 g/mol. The first-order chi connectivity index (χ1) is 14.2. The molecule has 1 N–H and O–H groups in total. The van der Waals surface area contributed by atoms with E-state index in [1.165, 1.54) is 5.56 Å². The number of nitrogens with one attached hydrogen (secondary N) is 1. The molecule has 7 nitrogen and oxygen atoms in total. The predicted molar refractivity (Wildman–Crippen MR) is 111 cm³/mol. The average Bonchev–Trinajstić information content (AvgIpc) is 2.79. The van der Waals surface area contributed by atoms with Crippen LogP contribution in [0.1, 0.15) is 22.3 Å². The lowest BCUT2D eigenvalue weighted by Gasteiger charge is -2.29. The Balaban J connectivity index is 1.52. The molecule has 0 atom stereocenters. The third-order valence-electron chi connectivity index (χ3n) is 4.91. The van der Waals surface area contributed by atoms with Gasteiger partial charge >= 0.3 is 0 Å². The Morgan fingerprint density at radius 3 is 2.62 bits per heavy atom. The van der Waals surface area contributed by atoms with Crippen LogP contribution < -0.4 is 19.7 Å². The minimum absolute atomic E-state index is 0.0919. The number of aryl methyl sites for hydroxylation is 1. The fourth-order valence-electron chi connectivity index (χ4n) is 3.43. The van der Waals surface area contributed by atoms with Crippen LogP contribution in [0.4, 0.5) is 17.3 Å². The zero-order valence-corrected chi connectivity index (χ0v) is 16.4. The van der Waals surface area contributed by atoms with Crippen molar-refractivity contribution in [2.75, 3.05) is 31.0 Å². The van der Waals surface area contributed by atoms with Crippen molar-refractivity contribution in [3.05, 3.63) is 66.0 Å². The number of nitrogens with zero attached hydrogens (tertiary/aromatic N) is 3. The van der Waals surface area contributed by atoms with E-state index in [1.807, 2.05) is 30.3 Å². The number of hydrogen-bond donors (Lipinski definition) is 1. The van der Waals surface area contributed by atoms with Gasteiger partial charge in [-0.05, 0) is 36.6 Å². The molecule has 0 aliphatic carbocycles. The molecule has 0 saturated heterocycles. The minimum atomic E-state index is -0.0919. The molecule has 4 rings (SSSR count). The van der Waals surface area contributed by atoms with Gasteiger partial charge in [-0.2, -0.15) is 0 Å². The molecule has 0 saturated carbocycles. The summed E-state index contributed by atoms with van der Waals surface area (Å²) in [4.78, 5) is 23.4. The van der Waals surface area contributed by atoms with Crippen LogP contribution in [0.15, 0.2) is 54.9 Å². The van der Waals surface area contributed by atoms with E-state index in [0.717, 1.165) is 18.5 Å². The molecule has 0 unspecified atom stereocenters. The van der Waals surface area contributed by atoms with E-state index < -0.39 is 0 Å². The van der Waals surface area contributed by atoms with Gasteiger partial charge in [0, 0.05) is 30.7 Å². The summed E-state index contributed by atoms with van der Waals surface area (Å²) in [6.45, 7) is 0.693. The predicted octanol–water partition coefficient (Wildman–Crippen LogP) is 3.83. The third-order valence-corrected chi connectivity index (χ3v) is 4.91. The Bertz CT molecular complexity index is 1020. The highest BCUT2D eigenvalue weighted by molar-refractivity contribution is 6.06. The summed E-state index contributed by atoms with van der Waals surface area (Å²) in [7, 11) is 3.18. The Morgan fingerprint density at radius 2 is 1.86 bits per heavy atom. The molecule has 0 fully saturated rings. The van der Waals surface area contributed by atoms with E-state index in [9.17, 15) is 4.79 Å². The summed E-state index contributed by atoms with van der Waals surface area (Å²) >= 11 is 0. The standard InChI is InChI=1S/C22H22N4O3/c1-28-17-9-10-18(20(12-17)29-2)25-22-23-13-16(14-24-22)21(27)26-11-5-7-15-6-3-4-8-19(15)26/h3-4,6,8-10,12-14H,5,7,11H2,1-2H3,(H,23,24,25). The maximum Gasteiger partial charge on any atom is 0.261 e. The summed E-state index contributed by atoms with van der Waals surface area (Å²) in [5.74, 6) is 1.59. The molecule has 1 aliphatic heterocycles. The normalized spacial score (nSPS) is 12.8. The van der Waals surface area contributed by atoms with E-state index >= 15 is 0 Å². The molecule has 0 bridgehead atoms. The van der Waals surface area contributed by atoms with Crippen molar-refractivity contribution in [3.63, 3.8) is 0 Å². The van der Waals surface area contributed by atoms with Crippen molar-refractivity contribution in [1.29, 1.82) is 0 Å². The molecule has 1 aromatic heterocycles. The second kappa shape index (κ2) is 8.18. The van der Waals surface area contributed by atoms with E-state index in [2.05, 4.69) is 21.4 Å². The fraction of sp³-hybridized carbons (Fsp3) is 0.227. The molecule has 2 aromatic carbocycles. The second-order valence-corrected chi connectivity index (χ2v) is 6.68. The van der Waals surface area contributed by atoms with Gasteiger partial charge in [0.1, 0.15) is 11.5 Å². The number of methoxy groups -OCH3 is 2. The van der Waals surface area contributed by atoms with Gasteiger partial charge in [0.2, 0.25) is 5.95 Å². The molecule has 7 heteroatoms. The fourth-order valence-corrected chi connectivity index (χ4v) is 3.43. The first-order valence-electron chi connectivity index (χ1n) is 9.40. The van der Waals surface area contributed by atoms with Gasteiger partial charge < -0.3 is 19.7 Å². The van der Waals surface area contributed by atoms with Gasteiger partial charge in [-0.25, -0.2) is 9.97 Å². The van der Waals surface area contributed by atoms with E-state index in [0.29, 0.717) is 35.2 Å². The van der Waals surface area contributed by atoms with E-state index in [1.54, 1.807) is 37.6 Å². The maximum absolute atomic E-state index is 13.0. The third kappa shape index (κ3) is 3.85. The highest BCUT2D eigenvalue weighted by Crippen LogP contribution is 2.31. The van der Waals surface area contributed by atoms with Gasteiger partial charge in [-0.15, -0.1) is 0 Å². The van der Waals surface area contributed by atoms with Crippen LogP contribution in [0, 0.1) is 0 Å². The number of carbonyl (C=O) groups is 1. The van der Waals surface area contributed by atoms with Crippen molar-refractivity contribution in [1.82, 2.24) is 9.97 Å². The van der Waals surface area contributed by atoms with Crippen molar-refractivity contribution in [2.24, 2.45) is 0 Å². The van der Waals surface area contributed by atoms with Gasteiger partial charge in [0.05, 0.1) is 25.5 Å². The Labute approximate surface area is 169 Å². The number of para-hydroxylation sites is 1. The number of rotatable bonds is 5. The van der Waals surface area contributed by atoms with Crippen LogP contribution >= 0.6 is 0 Å². The number of aromatic nitrogens is 2. The molecule has 148 valence electrons. The highest BCUT2D eigenvalue weighted by Gasteiger charge is 2.23. The molecule has 1 aliphatic rings. The number of anilines is 3. The lowest BCUT2D eigenvalue weighted by Crippen LogP contribution is -2.35. The molecule has 0 spiro atoms. The molecule has 2 heterocycles. The zero-order valence-electron chi connectivity index (χ0n) is 16.4. The van der Waals surface area contributed by atoms with Crippen molar-refractivity contribution in [2.45, 2.75) is 12.8 Å². The summed E-state index contributed by atoms with van der Waals surface area (Å²) < 4.78 is 10.6. The molecule has 0 radical (unpaired) electrons. The van der Waals surface area contributed by atoms with E-state index in [4.69, 9.17) is 9.47 Å². The number of ether oxygens (including phenoxy) is 2. The van der Waals surface area contributed by atoms with Crippen LogP contribution in [-0.2, 0) is 6.42 Å². The van der Waals surface area contributed by atoms with Crippen LogP contribution in [0.2, 0.25) is 0 Å². The van der Waals surface area contributed by atoms with E-state index in [-0.39, 0.29) is 5.91 Å². The molecule has 1 amide bonds. The largest absolute Gasteiger partial charge is 0.497 e. The number of hydrogen-bond acceptors (Lipinski definition) is 6. The van der Waals surface area contributed by atoms with Crippen LogP contribution in [0.3, 0.4) is 0 Å². The Hall–Kier alpha value is -3.61. The quantitative estimate of drug-likeness (QED) is 0.714.